The van der Waals surface area contributed by atoms with Crippen LogP contribution in [0.2, 0.25) is 0 Å². The highest BCUT2D eigenvalue weighted by Gasteiger charge is 2.54. The summed E-state index contributed by atoms with van der Waals surface area (Å²) >= 11 is 0. The lowest BCUT2D eigenvalue weighted by molar-refractivity contribution is 0.0255. The Morgan fingerprint density at radius 2 is 2.00 bits per heavy atom. The van der Waals surface area contributed by atoms with Crippen molar-refractivity contribution in [1.82, 2.24) is 4.90 Å². The van der Waals surface area contributed by atoms with Crippen LogP contribution in [0.15, 0.2) is 0 Å². The normalized spacial score (nSPS) is 32.0. The van der Waals surface area contributed by atoms with Crippen molar-refractivity contribution in [2.45, 2.75) is 56.8 Å². The van der Waals surface area contributed by atoms with Gasteiger partial charge in [-0.3, -0.25) is 0 Å². The highest BCUT2D eigenvalue weighted by molar-refractivity contribution is 7.93. The molecule has 0 radical (unpaired) electrons. The molecule has 1 amide bonds. The van der Waals surface area contributed by atoms with E-state index in [4.69, 9.17) is 10.5 Å². The zero-order chi connectivity index (χ0) is 16.6. The topological polar surface area (TPSA) is 89.7 Å². The van der Waals surface area contributed by atoms with E-state index in [9.17, 15) is 13.2 Å². The van der Waals surface area contributed by atoms with Crippen LogP contribution in [-0.4, -0.2) is 55.1 Å². The largest absolute Gasteiger partial charge is 0.444 e. The monoisotopic (exact) mass is 332 g/mol. The summed E-state index contributed by atoms with van der Waals surface area (Å²) in [6.07, 6.45) is 2.02. The fourth-order valence-corrected chi connectivity index (χ4v) is 6.29. The molecule has 0 bridgehead atoms. The molecule has 0 aromatic rings. The molecule has 2 saturated heterocycles. The number of carbonyl (C=O) groups is 1. The molecule has 2 N–H and O–H groups in total. The molecule has 0 aromatic carbocycles. The van der Waals surface area contributed by atoms with Crippen LogP contribution in [0.3, 0.4) is 0 Å². The van der Waals surface area contributed by atoms with E-state index in [0.717, 1.165) is 0 Å². The van der Waals surface area contributed by atoms with E-state index in [1.807, 2.05) is 20.8 Å². The Labute approximate surface area is 133 Å². The fourth-order valence-electron chi connectivity index (χ4n) is 3.71. The third kappa shape index (κ3) is 3.25. The van der Waals surface area contributed by atoms with Gasteiger partial charge in [-0.2, -0.15) is 0 Å². The van der Waals surface area contributed by atoms with E-state index in [1.54, 1.807) is 4.90 Å². The lowest BCUT2D eigenvalue weighted by Gasteiger charge is -2.32. The molecule has 128 valence electrons. The van der Waals surface area contributed by atoms with Gasteiger partial charge in [0, 0.05) is 13.1 Å². The summed E-state index contributed by atoms with van der Waals surface area (Å²) < 4.78 is 29.8. The van der Waals surface area contributed by atoms with Gasteiger partial charge in [-0.25, -0.2) is 13.2 Å². The second kappa shape index (κ2) is 6.00. The van der Waals surface area contributed by atoms with Gasteiger partial charge in [-0.15, -0.1) is 0 Å². The van der Waals surface area contributed by atoms with Crippen molar-refractivity contribution >= 4 is 15.9 Å². The van der Waals surface area contributed by atoms with Gasteiger partial charge in [0.1, 0.15) is 5.60 Å². The minimum atomic E-state index is -3.14. The van der Waals surface area contributed by atoms with Crippen molar-refractivity contribution in [3.8, 4) is 0 Å². The predicted molar refractivity (Wildman–Crippen MR) is 85.3 cm³/mol. The Balaban J connectivity index is 2.14. The van der Waals surface area contributed by atoms with E-state index in [2.05, 4.69) is 0 Å². The van der Waals surface area contributed by atoms with Crippen LogP contribution in [0.5, 0.6) is 0 Å². The number of hydrogen-bond donors (Lipinski definition) is 1. The van der Waals surface area contributed by atoms with E-state index in [1.165, 1.54) is 0 Å². The van der Waals surface area contributed by atoms with Crippen molar-refractivity contribution in [2.75, 3.05) is 25.4 Å². The molecular weight excluding hydrogens is 304 g/mol. The molecule has 2 heterocycles. The maximum Gasteiger partial charge on any atom is 0.410 e. The Morgan fingerprint density at radius 1 is 1.32 bits per heavy atom. The molecule has 7 heteroatoms. The molecule has 2 fully saturated rings. The average molecular weight is 332 g/mol. The molecule has 0 aromatic heterocycles. The zero-order valence-electron chi connectivity index (χ0n) is 13.8. The van der Waals surface area contributed by atoms with E-state index in [-0.39, 0.29) is 17.8 Å². The minimum absolute atomic E-state index is 0.0103. The maximum atomic E-state index is 12.6. The number of likely N-dealkylation sites (tertiary alicyclic amines) is 1. The first-order valence-corrected chi connectivity index (χ1v) is 9.67. The Morgan fingerprint density at radius 3 is 2.59 bits per heavy atom. The van der Waals surface area contributed by atoms with E-state index >= 15 is 0 Å². The number of sulfone groups is 1. The SMILES string of the molecule is CC(C)(C)OC(=O)N1CCCC2(CC1)C(CN)CCS2(=O)=O. The predicted octanol–water partition coefficient (Wildman–Crippen LogP) is 1.54. The smallest absolute Gasteiger partial charge is 0.410 e. The van der Waals surface area contributed by atoms with Gasteiger partial charge in [-0.1, -0.05) is 0 Å². The summed E-state index contributed by atoms with van der Waals surface area (Å²) in [4.78, 5) is 13.9. The lowest BCUT2D eigenvalue weighted by Crippen LogP contribution is -2.45. The molecule has 2 rings (SSSR count). The molecule has 2 aliphatic rings. The quantitative estimate of drug-likeness (QED) is 0.786. The van der Waals surface area contributed by atoms with Gasteiger partial charge in [0.25, 0.3) is 0 Å². The highest BCUT2D eigenvalue weighted by atomic mass is 32.2. The van der Waals surface area contributed by atoms with Crippen molar-refractivity contribution < 1.29 is 17.9 Å². The number of nitrogens with zero attached hydrogens (tertiary/aromatic N) is 1. The minimum Gasteiger partial charge on any atom is -0.444 e. The first-order valence-electron chi connectivity index (χ1n) is 8.02. The van der Waals surface area contributed by atoms with Gasteiger partial charge >= 0.3 is 6.09 Å². The molecule has 2 unspecified atom stereocenters. The molecule has 22 heavy (non-hydrogen) atoms. The second-order valence-corrected chi connectivity index (χ2v) is 9.88. The Kier molecular flexibility index (Phi) is 4.78. The molecule has 2 aliphatic heterocycles. The number of nitrogens with two attached hydrogens (primary N) is 1. The van der Waals surface area contributed by atoms with Crippen molar-refractivity contribution in [1.29, 1.82) is 0 Å². The molecule has 0 aliphatic carbocycles. The summed E-state index contributed by atoms with van der Waals surface area (Å²) in [5.74, 6) is 0.234. The molecular formula is C15H28N2O4S. The van der Waals surface area contributed by atoms with Crippen LogP contribution in [0.4, 0.5) is 4.79 Å². The van der Waals surface area contributed by atoms with Crippen LogP contribution in [0.25, 0.3) is 0 Å². The Bertz CT molecular complexity index is 526. The first kappa shape index (κ1) is 17.5. The Hall–Kier alpha value is -0.820. The van der Waals surface area contributed by atoms with Crippen LogP contribution in [0.1, 0.15) is 46.5 Å². The van der Waals surface area contributed by atoms with Crippen molar-refractivity contribution in [3.63, 3.8) is 0 Å². The summed E-state index contributed by atoms with van der Waals surface area (Å²) in [5, 5.41) is 0. The number of carbonyl (C=O) groups excluding carboxylic acids is 1. The van der Waals surface area contributed by atoms with Gasteiger partial charge in [0.05, 0.1) is 10.5 Å². The fraction of sp³-hybridized carbons (Fsp3) is 0.933. The third-order valence-corrected chi connectivity index (χ3v) is 7.62. The summed E-state index contributed by atoms with van der Waals surface area (Å²) in [6.45, 7) is 6.85. The first-order chi connectivity index (χ1) is 10.1. The molecule has 6 nitrogen and oxygen atoms in total. The summed E-state index contributed by atoms with van der Waals surface area (Å²) in [6, 6.07) is 0. The van der Waals surface area contributed by atoms with Gasteiger partial charge < -0.3 is 15.4 Å². The van der Waals surface area contributed by atoms with Gasteiger partial charge in [0.15, 0.2) is 9.84 Å². The molecule has 0 saturated carbocycles. The maximum absolute atomic E-state index is 12.6. The van der Waals surface area contributed by atoms with Crippen LogP contribution < -0.4 is 5.73 Å². The number of hydrogen-bond acceptors (Lipinski definition) is 5. The van der Waals surface area contributed by atoms with E-state index in [0.29, 0.717) is 45.3 Å². The number of amides is 1. The van der Waals surface area contributed by atoms with Crippen LogP contribution >= 0.6 is 0 Å². The van der Waals surface area contributed by atoms with Crippen LogP contribution in [-0.2, 0) is 14.6 Å². The van der Waals surface area contributed by atoms with Crippen molar-refractivity contribution in [3.05, 3.63) is 0 Å². The second-order valence-electron chi connectivity index (χ2n) is 7.43. The summed E-state index contributed by atoms with van der Waals surface area (Å²) in [7, 11) is -3.14. The summed E-state index contributed by atoms with van der Waals surface area (Å²) in [5.41, 5.74) is 5.28. The third-order valence-electron chi connectivity index (χ3n) is 4.87. The van der Waals surface area contributed by atoms with Crippen molar-refractivity contribution in [2.24, 2.45) is 11.7 Å². The highest BCUT2D eigenvalue weighted by Crippen LogP contribution is 2.44. The number of ether oxygens (including phenoxy) is 1. The standard InChI is InChI=1S/C15H28N2O4S/c1-14(2,3)21-13(18)17-8-4-6-15(7-9-17)12(11-16)5-10-22(15,19)20/h12H,4-11,16H2,1-3H3. The molecule has 1 spiro atoms. The zero-order valence-corrected chi connectivity index (χ0v) is 14.6. The van der Waals surface area contributed by atoms with Crippen LogP contribution in [0, 0.1) is 5.92 Å². The average Bonchev–Trinajstić information content (AvgIpc) is 2.54. The lowest BCUT2D eigenvalue weighted by atomic mass is 9.84. The van der Waals surface area contributed by atoms with Gasteiger partial charge in [-0.05, 0) is 58.9 Å². The van der Waals surface area contributed by atoms with Gasteiger partial charge in [0.2, 0.25) is 0 Å². The molecule has 2 atom stereocenters. The van der Waals surface area contributed by atoms with E-state index < -0.39 is 20.2 Å². The number of rotatable bonds is 1.